The van der Waals surface area contributed by atoms with Crippen LogP contribution < -0.4 is 5.32 Å². The molecule has 0 radical (unpaired) electrons. The van der Waals surface area contributed by atoms with Crippen LogP contribution in [0, 0.1) is 23.7 Å². The molecule has 5 aromatic carbocycles. The number of fused-ring (bicyclic) bond motifs is 3. The summed E-state index contributed by atoms with van der Waals surface area (Å²) in [4.78, 5) is 0. The lowest BCUT2D eigenvalue weighted by molar-refractivity contribution is -0.0399. The number of anilines is 2. The number of hydrogen-bond donors (Lipinski definition) is 1. The van der Waals surface area contributed by atoms with Crippen LogP contribution >= 0.6 is 0 Å². The lowest BCUT2D eigenvalue weighted by atomic mass is 9.43. The Bertz CT molecular complexity index is 1720. The standard InChI is InChI=1S/C40H35N/c1-3-9-28(10-4-1)29-15-17-33(18-16-29)41-39-34(30-11-5-2-6-12-30)19-20-37-38(39)35-13-7-8-14-36(35)40(37)31-22-26-21-27(24-31)25-32(40)23-26/h1-20,26-27,31-32,41H,21-25H2. The van der Waals surface area contributed by atoms with Gasteiger partial charge in [0.2, 0.25) is 0 Å². The summed E-state index contributed by atoms with van der Waals surface area (Å²) in [6.45, 7) is 0. The van der Waals surface area contributed by atoms with Gasteiger partial charge < -0.3 is 5.32 Å². The van der Waals surface area contributed by atoms with Gasteiger partial charge in [0.15, 0.2) is 0 Å². The fourth-order valence-corrected chi connectivity index (χ4v) is 9.75. The summed E-state index contributed by atoms with van der Waals surface area (Å²) in [5, 5.41) is 4.00. The topological polar surface area (TPSA) is 12.0 Å². The van der Waals surface area contributed by atoms with Crippen LogP contribution in [0.15, 0.2) is 121 Å². The van der Waals surface area contributed by atoms with Gasteiger partial charge in [0.1, 0.15) is 0 Å². The van der Waals surface area contributed by atoms with Crippen LogP contribution in [0.2, 0.25) is 0 Å². The third-order valence-corrected chi connectivity index (χ3v) is 11.1. The van der Waals surface area contributed by atoms with E-state index >= 15 is 0 Å². The molecule has 1 N–H and O–H groups in total. The lowest BCUT2D eigenvalue weighted by Crippen LogP contribution is -2.55. The number of benzene rings is 5. The average Bonchev–Trinajstić information content (AvgIpc) is 3.32. The van der Waals surface area contributed by atoms with E-state index in [-0.39, 0.29) is 5.41 Å². The van der Waals surface area contributed by atoms with Crippen LogP contribution in [-0.2, 0) is 5.41 Å². The third kappa shape index (κ3) is 3.42. The zero-order valence-corrected chi connectivity index (χ0v) is 23.4. The molecular formula is C40H35N. The first kappa shape index (κ1) is 23.6. The van der Waals surface area contributed by atoms with Crippen molar-refractivity contribution in [3.63, 3.8) is 0 Å². The van der Waals surface area contributed by atoms with E-state index in [4.69, 9.17) is 0 Å². The second-order valence-corrected chi connectivity index (χ2v) is 13.1. The predicted molar refractivity (Wildman–Crippen MR) is 170 cm³/mol. The molecule has 4 saturated carbocycles. The molecule has 0 amide bonds. The fraction of sp³-hybridized carbons (Fsp3) is 0.250. The van der Waals surface area contributed by atoms with Crippen molar-refractivity contribution >= 4 is 11.4 Å². The van der Waals surface area contributed by atoms with Gasteiger partial charge in [-0.3, -0.25) is 0 Å². The van der Waals surface area contributed by atoms with Gasteiger partial charge in [0.05, 0.1) is 5.69 Å². The summed E-state index contributed by atoms with van der Waals surface area (Å²) in [5.74, 6) is 3.43. The van der Waals surface area contributed by atoms with E-state index in [0.29, 0.717) is 0 Å². The van der Waals surface area contributed by atoms with Gasteiger partial charge in [-0.15, -0.1) is 0 Å². The monoisotopic (exact) mass is 529 g/mol. The number of hydrogen-bond acceptors (Lipinski definition) is 1. The summed E-state index contributed by atoms with van der Waals surface area (Å²) in [6.07, 6.45) is 7.11. The minimum absolute atomic E-state index is 0.169. The molecule has 0 aliphatic heterocycles. The Labute approximate surface area is 243 Å². The van der Waals surface area contributed by atoms with Gasteiger partial charge in [0, 0.05) is 22.2 Å². The summed E-state index contributed by atoms with van der Waals surface area (Å²) in [7, 11) is 0. The molecule has 0 unspecified atom stereocenters. The van der Waals surface area contributed by atoms with E-state index in [1.807, 2.05) is 0 Å². The van der Waals surface area contributed by atoms with Gasteiger partial charge in [0.25, 0.3) is 0 Å². The highest BCUT2D eigenvalue weighted by atomic mass is 14.9. The summed E-state index contributed by atoms with van der Waals surface area (Å²) >= 11 is 0. The van der Waals surface area contributed by atoms with Crippen LogP contribution in [0.1, 0.15) is 43.2 Å². The molecule has 0 atom stereocenters. The Morgan fingerprint density at radius 1 is 0.463 bits per heavy atom. The highest BCUT2D eigenvalue weighted by molar-refractivity contribution is 5.99. The summed E-state index contributed by atoms with van der Waals surface area (Å²) < 4.78 is 0. The van der Waals surface area contributed by atoms with Crippen molar-refractivity contribution in [3.05, 3.63) is 132 Å². The van der Waals surface area contributed by atoms with Crippen LogP contribution in [0.4, 0.5) is 11.4 Å². The molecule has 41 heavy (non-hydrogen) atoms. The molecule has 5 aromatic rings. The van der Waals surface area contributed by atoms with Crippen molar-refractivity contribution in [1.29, 1.82) is 0 Å². The molecule has 1 heteroatoms. The normalized spacial score (nSPS) is 26.6. The minimum atomic E-state index is 0.169. The number of rotatable bonds is 4. The van der Waals surface area contributed by atoms with Crippen LogP contribution in [0.5, 0.6) is 0 Å². The Hall–Kier alpha value is -4.10. The number of nitrogens with one attached hydrogen (secondary N) is 1. The third-order valence-electron chi connectivity index (χ3n) is 11.1. The molecule has 5 aliphatic carbocycles. The van der Waals surface area contributed by atoms with Gasteiger partial charge in [-0.05, 0) is 101 Å². The van der Waals surface area contributed by atoms with Crippen LogP contribution in [-0.4, -0.2) is 0 Å². The quantitative estimate of drug-likeness (QED) is 0.244. The molecule has 200 valence electrons. The Balaban J connectivity index is 1.24. The molecule has 1 nitrogen and oxygen atoms in total. The minimum Gasteiger partial charge on any atom is -0.355 e. The first-order chi connectivity index (χ1) is 20.3. The van der Waals surface area contributed by atoms with Crippen molar-refractivity contribution in [2.75, 3.05) is 5.32 Å². The zero-order chi connectivity index (χ0) is 27.0. The Morgan fingerprint density at radius 2 is 1.05 bits per heavy atom. The van der Waals surface area contributed by atoms with Gasteiger partial charge in [-0.2, -0.15) is 0 Å². The van der Waals surface area contributed by atoms with E-state index in [9.17, 15) is 0 Å². The van der Waals surface area contributed by atoms with Crippen molar-refractivity contribution < 1.29 is 0 Å². The lowest BCUT2D eigenvalue weighted by Gasteiger charge is -2.61. The van der Waals surface area contributed by atoms with E-state index in [0.717, 1.165) is 29.4 Å². The molecule has 0 saturated heterocycles. The fourth-order valence-electron chi connectivity index (χ4n) is 9.75. The second kappa shape index (κ2) is 8.95. The smallest absolute Gasteiger partial charge is 0.0546 e. The highest BCUT2D eigenvalue weighted by Crippen LogP contribution is 2.70. The maximum Gasteiger partial charge on any atom is 0.0546 e. The van der Waals surface area contributed by atoms with Crippen molar-refractivity contribution in [2.45, 2.75) is 37.5 Å². The zero-order valence-electron chi connectivity index (χ0n) is 23.4. The van der Waals surface area contributed by atoms with E-state index in [1.54, 1.807) is 11.1 Å². The van der Waals surface area contributed by atoms with Gasteiger partial charge in [-0.25, -0.2) is 0 Å². The molecule has 0 aromatic heterocycles. The maximum absolute atomic E-state index is 4.00. The molecule has 4 fully saturated rings. The largest absolute Gasteiger partial charge is 0.355 e. The maximum atomic E-state index is 4.00. The summed E-state index contributed by atoms with van der Waals surface area (Å²) in [6, 6.07) is 45.0. The van der Waals surface area contributed by atoms with E-state index < -0.39 is 0 Å². The van der Waals surface area contributed by atoms with Crippen molar-refractivity contribution in [3.8, 4) is 33.4 Å². The van der Waals surface area contributed by atoms with Crippen molar-refractivity contribution in [1.82, 2.24) is 0 Å². The molecule has 4 bridgehead atoms. The second-order valence-electron chi connectivity index (χ2n) is 13.1. The molecule has 1 spiro atoms. The van der Waals surface area contributed by atoms with Gasteiger partial charge in [-0.1, -0.05) is 109 Å². The predicted octanol–water partition coefficient (Wildman–Crippen LogP) is 10.5. The van der Waals surface area contributed by atoms with E-state index in [2.05, 4.69) is 127 Å². The molecule has 0 heterocycles. The molecular weight excluding hydrogens is 494 g/mol. The van der Waals surface area contributed by atoms with Crippen molar-refractivity contribution in [2.24, 2.45) is 23.7 Å². The Kier molecular flexibility index (Phi) is 5.15. The Morgan fingerprint density at radius 3 is 1.73 bits per heavy atom. The summed E-state index contributed by atoms with van der Waals surface area (Å²) in [5.41, 5.74) is 13.7. The first-order valence-electron chi connectivity index (χ1n) is 15.5. The SMILES string of the molecule is c1ccc(-c2ccc(Nc3c(-c4ccccc4)ccc4c3-c3ccccc3C43C4CC5CC(C4)CC3C5)cc2)cc1. The molecule has 5 aliphatic rings. The van der Waals surface area contributed by atoms with Crippen LogP contribution in [0.25, 0.3) is 33.4 Å². The van der Waals surface area contributed by atoms with Gasteiger partial charge >= 0.3 is 0 Å². The highest BCUT2D eigenvalue weighted by Gasteiger charge is 2.61. The first-order valence-corrected chi connectivity index (χ1v) is 15.5. The van der Waals surface area contributed by atoms with E-state index in [1.165, 1.54) is 71.2 Å². The van der Waals surface area contributed by atoms with Crippen LogP contribution in [0.3, 0.4) is 0 Å². The molecule has 10 rings (SSSR count). The average molecular weight is 530 g/mol.